The molecule has 0 unspecified atom stereocenters. The zero-order chi connectivity index (χ0) is 20.8. The maximum absolute atomic E-state index is 13.3. The molecular formula is C24H35N3O2. The van der Waals surface area contributed by atoms with Crippen LogP contribution in [0.4, 0.5) is 0 Å². The number of unbranched alkanes of at least 4 members (excludes halogenated alkanes) is 5. The standard InChI is InChI=1S/C24H35N3O2/c1-4-5-6-7-8-9-14-27-23(28)21(20-12-10-19(2)11-13-20)22(24(27)29)26-17-15-25(3)16-18-26/h10-13H,4-9,14-18H2,1-3H3. The van der Waals surface area contributed by atoms with Crippen molar-refractivity contribution in [2.75, 3.05) is 39.8 Å². The molecule has 0 radical (unpaired) electrons. The molecule has 1 aromatic rings. The lowest BCUT2D eigenvalue weighted by Crippen LogP contribution is -2.46. The van der Waals surface area contributed by atoms with E-state index in [0.717, 1.165) is 50.1 Å². The number of amides is 2. The summed E-state index contributed by atoms with van der Waals surface area (Å²) in [5.41, 5.74) is 3.20. The Hall–Kier alpha value is -2.14. The molecule has 158 valence electrons. The van der Waals surface area contributed by atoms with Crippen LogP contribution in [0.15, 0.2) is 30.0 Å². The van der Waals surface area contributed by atoms with Gasteiger partial charge in [0.2, 0.25) is 0 Å². The van der Waals surface area contributed by atoms with Crippen LogP contribution in [-0.2, 0) is 9.59 Å². The highest BCUT2D eigenvalue weighted by Crippen LogP contribution is 2.32. The number of imide groups is 1. The highest BCUT2D eigenvalue weighted by atomic mass is 16.2. The second-order valence-corrected chi connectivity index (χ2v) is 8.41. The van der Waals surface area contributed by atoms with Crippen molar-refractivity contribution < 1.29 is 9.59 Å². The third kappa shape index (κ3) is 5.08. The molecule has 1 aromatic carbocycles. The van der Waals surface area contributed by atoms with Gasteiger partial charge in [-0.2, -0.15) is 0 Å². The molecule has 0 atom stereocenters. The molecular weight excluding hydrogens is 362 g/mol. The van der Waals surface area contributed by atoms with Crippen LogP contribution in [0.5, 0.6) is 0 Å². The molecule has 3 rings (SSSR count). The molecule has 2 aliphatic rings. The number of piperazine rings is 1. The van der Waals surface area contributed by atoms with Gasteiger partial charge in [0.25, 0.3) is 11.8 Å². The Bertz CT molecular complexity index is 746. The number of rotatable bonds is 9. The fraction of sp³-hybridized carbons (Fsp3) is 0.583. The van der Waals surface area contributed by atoms with Crippen LogP contribution >= 0.6 is 0 Å². The van der Waals surface area contributed by atoms with Crippen molar-refractivity contribution in [3.8, 4) is 0 Å². The van der Waals surface area contributed by atoms with Gasteiger partial charge in [-0.25, -0.2) is 0 Å². The average molecular weight is 398 g/mol. The molecule has 2 heterocycles. The van der Waals surface area contributed by atoms with Gasteiger partial charge in [0, 0.05) is 32.7 Å². The van der Waals surface area contributed by atoms with E-state index in [1.807, 2.05) is 31.2 Å². The van der Waals surface area contributed by atoms with E-state index >= 15 is 0 Å². The van der Waals surface area contributed by atoms with E-state index in [-0.39, 0.29) is 11.8 Å². The third-order valence-corrected chi connectivity index (χ3v) is 6.04. The second-order valence-electron chi connectivity index (χ2n) is 8.41. The number of carbonyl (C=O) groups is 2. The first-order valence-electron chi connectivity index (χ1n) is 11.1. The molecule has 0 aromatic heterocycles. The molecule has 1 fully saturated rings. The van der Waals surface area contributed by atoms with Crippen LogP contribution < -0.4 is 0 Å². The molecule has 5 heteroatoms. The normalized spacial score (nSPS) is 18.3. The maximum atomic E-state index is 13.3. The lowest BCUT2D eigenvalue weighted by atomic mass is 10.0. The predicted molar refractivity (Wildman–Crippen MR) is 117 cm³/mol. The zero-order valence-electron chi connectivity index (χ0n) is 18.2. The van der Waals surface area contributed by atoms with E-state index in [2.05, 4.69) is 23.8 Å². The Kier molecular flexibility index (Phi) is 7.48. The van der Waals surface area contributed by atoms with Crippen molar-refractivity contribution in [2.45, 2.75) is 52.4 Å². The molecule has 2 aliphatic heterocycles. The minimum absolute atomic E-state index is 0.108. The van der Waals surface area contributed by atoms with E-state index in [1.54, 1.807) is 0 Å². The van der Waals surface area contributed by atoms with Gasteiger partial charge in [-0.3, -0.25) is 14.5 Å². The smallest absolute Gasteiger partial charge is 0.277 e. The number of benzene rings is 1. The summed E-state index contributed by atoms with van der Waals surface area (Å²) in [4.78, 5) is 32.5. The monoisotopic (exact) mass is 397 g/mol. The van der Waals surface area contributed by atoms with Gasteiger partial charge in [-0.15, -0.1) is 0 Å². The van der Waals surface area contributed by atoms with Crippen LogP contribution in [0.3, 0.4) is 0 Å². The molecule has 0 bridgehead atoms. The molecule has 2 amide bonds. The van der Waals surface area contributed by atoms with Crippen molar-refractivity contribution in [3.05, 3.63) is 41.1 Å². The largest absolute Gasteiger partial charge is 0.364 e. The van der Waals surface area contributed by atoms with Crippen LogP contribution in [0, 0.1) is 6.92 Å². The van der Waals surface area contributed by atoms with E-state index < -0.39 is 0 Å². The van der Waals surface area contributed by atoms with Crippen LogP contribution in [-0.4, -0.2) is 66.3 Å². The summed E-state index contributed by atoms with van der Waals surface area (Å²) in [6, 6.07) is 7.97. The first-order chi connectivity index (χ1) is 14.0. The van der Waals surface area contributed by atoms with Gasteiger partial charge in [0.05, 0.1) is 5.57 Å². The number of hydrogen-bond acceptors (Lipinski definition) is 4. The predicted octanol–water partition coefficient (Wildman–Crippen LogP) is 3.68. The quantitative estimate of drug-likeness (QED) is 0.471. The Balaban J connectivity index is 1.78. The highest BCUT2D eigenvalue weighted by Gasteiger charge is 2.41. The van der Waals surface area contributed by atoms with Crippen molar-refractivity contribution in [1.29, 1.82) is 0 Å². The average Bonchev–Trinajstić information content (AvgIpc) is 2.96. The van der Waals surface area contributed by atoms with Crippen molar-refractivity contribution in [2.24, 2.45) is 0 Å². The minimum atomic E-state index is -0.124. The van der Waals surface area contributed by atoms with Crippen molar-refractivity contribution in [3.63, 3.8) is 0 Å². The van der Waals surface area contributed by atoms with Crippen LogP contribution in [0.2, 0.25) is 0 Å². The topological polar surface area (TPSA) is 43.9 Å². The molecule has 0 aliphatic carbocycles. The van der Waals surface area contributed by atoms with Gasteiger partial charge in [0.15, 0.2) is 0 Å². The molecule has 29 heavy (non-hydrogen) atoms. The van der Waals surface area contributed by atoms with E-state index in [0.29, 0.717) is 17.8 Å². The summed E-state index contributed by atoms with van der Waals surface area (Å²) in [6.45, 7) is 8.14. The SMILES string of the molecule is CCCCCCCCN1C(=O)C(c2ccc(C)cc2)=C(N2CCN(C)CC2)C1=O. The first kappa shape index (κ1) is 21.6. The summed E-state index contributed by atoms with van der Waals surface area (Å²) in [7, 11) is 2.10. The number of aryl methyl sites for hydroxylation is 1. The summed E-state index contributed by atoms with van der Waals surface area (Å²) in [5.74, 6) is -0.231. The Morgan fingerprint density at radius 1 is 0.828 bits per heavy atom. The lowest BCUT2D eigenvalue weighted by molar-refractivity contribution is -0.137. The second kappa shape index (κ2) is 10.1. The number of carbonyl (C=O) groups excluding carboxylic acids is 2. The van der Waals surface area contributed by atoms with Crippen molar-refractivity contribution >= 4 is 17.4 Å². The van der Waals surface area contributed by atoms with E-state index in [9.17, 15) is 9.59 Å². The first-order valence-corrected chi connectivity index (χ1v) is 11.1. The van der Waals surface area contributed by atoms with Gasteiger partial charge in [-0.05, 0) is 26.0 Å². The van der Waals surface area contributed by atoms with E-state index in [1.165, 1.54) is 30.6 Å². The minimum Gasteiger partial charge on any atom is -0.364 e. The fourth-order valence-corrected chi connectivity index (χ4v) is 4.12. The number of nitrogens with zero attached hydrogens (tertiary/aromatic N) is 3. The summed E-state index contributed by atoms with van der Waals surface area (Å²) < 4.78 is 0. The summed E-state index contributed by atoms with van der Waals surface area (Å²) in [6.07, 6.45) is 6.85. The summed E-state index contributed by atoms with van der Waals surface area (Å²) >= 11 is 0. The zero-order valence-corrected chi connectivity index (χ0v) is 18.2. The van der Waals surface area contributed by atoms with Crippen LogP contribution in [0.25, 0.3) is 5.57 Å². The third-order valence-electron chi connectivity index (χ3n) is 6.04. The number of hydrogen-bond donors (Lipinski definition) is 0. The molecule has 0 saturated carbocycles. The molecule has 1 saturated heterocycles. The van der Waals surface area contributed by atoms with Crippen molar-refractivity contribution in [1.82, 2.24) is 14.7 Å². The Labute approximate surface area is 175 Å². The summed E-state index contributed by atoms with van der Waals surface area (Å²) in [5, 5.41) is 0. The Morgan fingerprint density at radius 2 is 1.45 bits per heavy atom. The molecule has 0 spiro atoms. The molecule has 0 N–H and O–H groups in total. The van der Waals surface area contributed by atoms with Gasteiger partial charge in [-0.1, -0.05) is 68.9 Å². The molecule has 5 nitrogen and oxygen atoms in total. The maximum Gasteiger partial charge on any atom is 0.277 e. The van der Waals surface area contributed by atoms with Gasteiger partial charge < -0.3 is 9.80 Å². The van der Waals surface area contributed by atoms with E-state index in [4.69, 9.17) is 0 Å². The highest BCUT2D eigenvalue weighted by molar-refractivity contribution is 6.35. The van der Waals surface area contributed by atoms with Gasteiger partial charge >= 0.3 is 0 Å². The number of likely N-dealkylation sites (N-methyl/N-ethyl adjacent to an activating group) is 1. The fourth-order valence-electron chi connectivity index (χ4n) is 4.12. The lowest BCUT2D eigenvalue weighted by Gasteiger charge is -2.34. The van der Waals surface area contributed by atoms with Crippen LogP contribution in [0.1, 0.15) is 56.6 Å². The van der Waals surface area contributed by atoms with Gasteiger partial charge in [0.1, 0.15) is 5.70 Å². The Morgan fingerprint density at radius 3 is 2.10 bits per heavy atom.